The van der Waals surface area contributed by atoms with Gasteiger partial charge < -0.3 is 9.15 Å². The molecule has 3 rings (SSSR count). The molecule has 0 spiro atoms. The Bertz CT molecular complexity index is 889. The van der Waals surface area contributed by atoms with Crippen LogP contribution >= 0.6 is 11.8 Å². The van der Waals surface area contributed by atoms with Gasteiger partial charge in [-0.05, 0) is 47.7 Å². The van der Waals surface area contributed by atoms with E-state index in [1.165, 1.54) is 43.5 Å². The van der Waals surface area contributed by atoms with Crippen LogP contribution in [0.3, 0.4) is 0 Å². The van der Waals surface area contributed by atoms with Crippen molar-refractivity contribution in [1.82, 2.24) is 4.90 Å². The zero-order valence-corrected chi connectivity index (χ0v) is 13.8. The number of hydrogen-bond acceptors (Lipinski definition) is 6. The molecule has 0 bridgehead atoms. The first-order chi connectivity index (χ1) is 12.0. The Balaban J connectivity index is 1.77. The zero-order chi connectivity index (χ0) is 18.0. The predicted molar refractivity (Wildman–Crippen MR) is 88.0 cm³/mol. The molecule has 1 saturated heterocycles. The van der Waals surface area contributed by atoms with E-state index in [1.807, 2.05) is 0 Å². The van der Waals surface area contributed by atoms with Crippen molar-refractivity contribution in [1.29, 1.82) is 0 Å². The highest BCUT2D eigenvalue weighted by Crippen LogP contribution is 2.33. The molecule has 1 aliphatic heterocycles. The fraction of sp³-hybridized carbons (Fsp3) is 0.118. The monoisotopic (exact) mass is 361 g/mol. The largest absolute Gasteiger partial charge is 0.463 e. The van der Waals surface area contributed by atoms with Gasteiger partial charge in [0, 0.05) is 0 Å². The minimum atomic E-state index is -0.647. The molecule has 2 aromatic rings. The van der Waals surface area contributed by atoms with Crippen LogP contribution in [0.2, 0.25) is 0 Å². The minimum Gasteiger partial charge on any atom is -0.463 e. The number of amides is 2. The second-order valence-electron chi connectivity index (χ2n) is 5.08. The van der Waals surface area contributed by atoms with Crippen LogP contribution in [-0.4, -0.2) is 29.1 Å². The third-order valence-electron chi connectivity index (χ3n) is 3.38. The number of methoxy groups -OCH3 is 1. The van der Waals surface area contributed by atoms with Gasteiger partial charge >= 0.3 is 5.97 Å². The van der Waals surface area contributed by atoms with E-state index in [-0.39, 0.29) is 23.0 Å². The first-order valence-electron chi connectivity index (χ1n) is 7.16. The van der Waals surface area contributed by atoms with Crippen LogP contribution < -0.4 is 0 Å². The molecule has 6 nitrogen and oxygen atoms in total. The number of ether oxygens (including phenoxy) is 1. The fourth-order valence-corrected chi connectivity index (χ4v) is 3.05. The maximum Gasteiger partial charge on any atom is 0.373 e. The van der Waals surface area contributed by atoms with Crippen molar-refractivity contribution in [2.24, 2.45) is 0 Å². The maximum atomic E-state index is 13.2. The summed E-state index contributed by atoms with van der Waals surface area (Å²) in [7, 11) is 1.22. The van der Waals surface area contributed by atoms with Gasteiger partial charge in [-0.3, -0.25) is 14.5 Å². The Morgan fingerprint density at radius 3 is 2.84 bits per heavy atom. The number of benzene rings is 1. The van der Waals surface area contributed by atoms with Gasteiger partial charge in [0.1, 0.15) is 11.6 Å². The van der Waals surface area contributed by atoms with E-state index >= 15 is 0 Å². The molecule has 25 heavy (non-hydrogen) atoms. The van der Waals surface area contributed by atoms with Gasteiger partial charge in [0.25, 0.3) is 11.1 Å². The molecule has 8 heteroatoms. The summed E-state index contributed by atoms with van der Waals surface area (Å²) in [6.07, 6.45) is 1.45. The highest BCUT2D eigenvalue weighted by atomic mass is 32.2. The number of nitrogens with zero attached hydrogens (tertiary/aromatic N) is 1. The molecule has 2 amide bonds. The van der Waals surface area contributed by atoms with E-state index in [0.717, 1.165) is 16.7 Å². The number of esters is 1. The Hall–Kier alpha value is -2.87. The molecule has 0 unspecified atom stereocenters. The normalized spacial score (nSPS) is 15.9. The summed E-state index contributed by atoms with van der Waals surface area (Å²) >= 11 is 0.762. The summed E-state index contributed by atoms with van der Waals surface area (Å²) in [6.45, 7) is -0.109. The van der Waals surface area contributed by atoms with Gasteiger partial charge in [0.2, 0.25) is 5.76 Å². The van der Waals surface area contributed by atoms with Crippen molar-refractivity contribution in [3.05, 3.63) is 64.2 Å². The predicted octanol–water partition coefficient (Wildman–Crippen LogP) is 3.44. The average Bonchev–Trinajstić information content (AvgIpc) is 3.15. The van der Waals surface area contributed by atoms with E-state index in [2.05, 4.69) is 4.74 Å². The van der Waals surface area contributed by atoms with Crippen LogP contribution in [0.25, 0.3) is 6.08 Å². The number of halogens is 1. The minimum absolute atomic E-state index is 0.0141. The van der Waals surface area contributed by atoms with E-state index in [4.69, 9.17) is 4.42 Å². The number of hydrogen-bond donors (Lipinski definition) is 0. The summed E-state index contributed by atoms with van der Waals surface area (Å²) in [5, 5.41) is -0.469. The van der Waals surface area contributed by atoms with Crippen molar-refractivity contribution in [2.75, 3.05) is 7.11 Å². The van der Waals surface area contributed by atoms with E-state index in [9.17, 15) is 18.8 Å². The molecule has 0 atom stereocenters. The van der Waals surface area contributed by atoms with Crippen LogP contribution in [0.5, 0.6) is 0 Å². The number of imide groups is 1. The van der Waals surface area contributed by atoms with Crippen LogP contribution in [-0.2, 0) is 16.1 Å². The Labute approximate surface area is 146 Å². The lowest BCUT2D eigenvalue weighted by Gasteiger charge is -2.09. The van der Waals surface area contributed by atoms with Crippen molar-refractivity contribution < 1.29 is 27.9 Å². The molecule has 1 aromatic carbocycles. The molecule has 0 aliphatic carbocycles. The molecule has 0 radical (unpaired) electrons. The fourth-order valence-electron chi connectivity index (χ4n) is 2.21. The van der Waals surface area contributed by atoms with Crippen molar-refractivity contribution in [3.63, 3.8) is 0 Å². The molecule has 1 aliphatic rings. The lowest BCUT2D eigenvalue weighted by atomic mass is 10.2. The Kier molecular flexibility index (Phi) is 4.71. The standard InChI is InChI=1S/C17H12FNO5S/c1-23-16(21)13-6-5-12(24-13)9-19-15(20)14(25-17(19)22)8-10-3-2-4-11(18)7-10/h2-8H,9H2,1H3/b14-8+. The summed E-state index contributed by atoms with van der Waals surface area (Å²) in [6, 6.07) is 8.60. The number of carbonyl (C=O) groups excluding carboxylic acids is 3. The quantitative estimate of drug-likeness (QED) is 0.613. The molecule has 0 saturated carbocycles. The van der Waals surface area contributed by atoms with E-state index < -0.39 is 22.9 Å². The van der Waals surface area contributed by atoms with Crippen molar-refractivity contribution in [3.8, 4) is 0 Å². The zero-order valence-electron chi connectivity index (χ0n) is 13.0. The third-order valence-corrected chi connectivity index (χ3v) is 4.29. The smallest absolute Gasteiger partial charge is 0.373 e. The Morgan fingerprint density at radius 2 is 2.12 bits per heavy atom. The average molecular weight is 361 g/mol. The van der Waals surface area contributed by atoms with Gasteiger partial charge in [-0.15, -0.1) is 0 Å². The third kappa shape index (κ3) is 3.63. The van der Waals surface area contributed by atoms with Gasteiger partial charge in [0.15, 0.2) is 0 Å². The molecule has 1 aromatic heterocycles. The van der Waals surface area contributed by atoms with Gasteiger partial charge in [-0.1, -0.05) is 12.1 Å². The lowest BCUT2D eigenvalue weighted by molar-refractivity contribution is -0.123. The van der Waals surface area contributed by atoms with E-state index in [0.29, 0.717) is 5.56 Å². The summed E-state index contributed by atoms with van der Waals surface area (Å²) in [5.74, 6) is -1.32. The van der Waals surface area contributed by atoms with Gasteiger partial charge in [0.05, 0.1) is 18.6 Å². The summed E-state index contributed by atoms with van der Waals surface area (Å²) in [4.78, 5) is 37.0. The summed E-state index contributed by atoms with van der Waals surface area (Å²) < 4.78 is 23.0. The molecule has 0 N–H and O–H groups in total. The highest BCUT2D eigenvalue weighted by molar-refractivity contribution is 8.18. The van der Waals surface area contributed by atoms with Gasteiger partial charge in [-0.25, -0.2) is 9.18 Å². The molecular weight excluding hydrogens is 349 g/mol. The van der Waals surface area contributed by atoms with Gasteiger partial charge in [-0.2, -0.15) is 0 Å². The lowest BCUT2D eigenvalue weighted by Crippen LogP contribution is -2.27. The first kappa shape index (κ1) is 17.0. The molecule has 1 fully saturated rings. The topological polar surface area (TPSA) is 76.8 Å². The van der Waals surface area contributed by atoms with Crippen LogP contribution in [0.1, 0.15) is 21.9 Å². The number of thioether (sulfide) groups is 1. The maximum absolute atomic E-state index is 13.2. The van der Waals surface area contributed by atoms with Crippen LogP contribution in [0.4, 0.5) is 9.18 Å². The number of carbonyl (C=O) groups is 3. The first-order valence-corrected chi connectivity index (χ1v) is 7.97. The number of furan rings is 1. The Morgan fingerprint density at radius 1 is 1.32 bits per heavy atom. The second-order valence-corrected chi connectivity index (χ2v) is 6.07. The summed E-state index contributed by atoms with van der Waals surface area (Å²) in [5.41, 5.74) is 0.483. The van der Waals surface area contributed by atoms with Crippen molar-refractivity contribution >= 4 is 35.0 Å². The molecular formula is C17H12FNO5S. The highest BCUT2D eigenvalue weighted by Gasteiger charge is 2.35. The van der Waals surface area contributed by atoms with E-state index in [1.54, 1.807) is 6.07 Å². The SMILES string of the molecule is COC(=O)c1ccc(CN2C(=O)S/C(=C/c3cccc(F)c3)C2=O)o1. The van der Waals surface area contributed by atoms with Crippen LogP contribution in [0, 0.1) is 5.82 Å². The number of rotatable bonds is 4. The molecule has 128 valence electrons. The second kappa shape index (κ2) is 6.94. The molecule has 2 heterocycles. The van der Waals surface area contributed by atoms with Crippen molar-refractivity contribution in [2.45, 2.75) is 6.54 Å². The van der Waals surface area contributed by atoms with Crippen LogP contribution in [0.15, 0.2) is 45.7 Å².